The van der Waals surface area contributed by atoms with Crippen LogP contribution in [0, 0.1) is 0 Å². The molecule has 0 fully saturated rings. The highest BCUT2D eigenvalue weighted by Crippen LogP contribution is 2.26. The van der Waals surface area contributed by atoms with Gasteiger partial charge in [-0.05, 0) is 12.3 Å². The third-order valence-electron chi connectivity index (χ3n) is 2.53. The molecule has 0 aliphatic rings. The third-order valence-corrected chi connectivity index (χ3v) is 3.76. The van der Waals surface area contributed by atoms with Crippen molar-refractivity contribution < 1.29 is 9.90 Å². The van der Waals surface area contributed by atoms with Crippen LogP contribution in [-0.2, 0) is 4.79 Å². The first-order valence-corrected chi connectivity index (χ1v) is 6.81. The Bertz CT molecular complexity index is 363. The fraction of sp³-hybridized carbons (Fsp3) is 0.667. The van der Waals surface area contributed by atoms with Crippen molar-refractivity contribution in [2.24, 2.45) is 0 Å². The first-order chi connectivity index (χ1) is 8.04. The Balaban J connectivity index is 2.62. The molecule has 0 aliphatic heterocycles. The highest BCUT2D eigenvalue weighted by Gasteiger charge is 2.18. The molecule has 1 atom stereocenters. The Morgan fingerprint density at radius 1 is 1.59 bits per heavy atom. The number of nitrogens with zero attached hydrogens (tertiary/aromatic N) is 1. The molecule has 4 nitrogen and oxygen atoms in total. The van der Waals surface area contributed by atoms with E-state index in [9.17, 15) is 4.79 Å². The van der Waals surface area contributed by atoms with Gasteiger partial charge in [-0.2, -0.15) is 0 Å². The summed E-state index contributed by atoms with van der Waals surface area (Å²) in [6.07, 6.45) is 4.37. The molecule has 17 heavy (non-hydrogen) atoms. The SMILES string of the molecule is CCCCC(Nc1ncc(C(C)C)s1)C(=O)O. The number of rotatable bonds is 7. The van der Waals surface area contributed by atoms with Gasteiger partial charge in [0.25, 0.3) is 0 Å². The minimum Gasteiger partial charge on any atom is -0.480 e. The van der Waals surface area contributed by atoms with Gasteiger partial charge in [-0.15, -0.1) is 11.3 Å². The van der Waals surface area contributed by atoms with E-state index in [0.717, 1.165) is 12.8 Å². The summed E-state index contributed by atoms with van der Waals surface area (Å²) in [5.41, 5.74) is 0. The van der Waals surface area contributed by atoms with Gasteiger partial charge in [0, 0.05) is 11.1 Å². The number of carbonyl (C=O) groups is 1. The van der Waals surface area contributed by atoms with Crippen molar-refractivity contribution in [3.05, 3.63) is 11.1 Å². The maximum atomic E-state index is 11.1. The van der Waals surface area contributed by atoms with E-state index in [1.807, 2.05) is 6.20 Å². The van der Waals surface area contributed by atoms with Crippen LogP contribution in [0.2, 0.25) is 0 Å². The minimum atomic E-state index is -0.806. The maximum absolute atomic E-state index is 11.1. The van der Waals surface area contributed by atoms with Crippen LogP contribution in [-0.4, -0.2) is 22.1 Å². The minimum absolute atomic E-state index is 0.432. The number of hydrogen-bond acceptors (Lipinski definition) is 4. The average molecular weight is 256 g/mol. The number of aromatic nitrogens is 1. The Kier molecular flexibility index (Phi) is 5.41. The number of carboxylic acid groups (broad SMARTS) is 1. The molecule has 1 heterocycles. The van der Waals surface area contributed by atoms with Crippen LogP contribution >= 0.6 is 11.3 Å². The summed E-state index contributed by atoms with van der Waals surface area (Å²) in [6, 6.07) is -0.527. The number of unbranched alkanes of at least 4 members (excludes halogenated alkanes) is 1. The largest absolute Gasteiger partial charge is 0.480 e. The molecule has 1 unspecified atom stereocenters. The van der Waals surface area contributed by atoms with Gasteiger partial charge in [-0.3, -0.25) is 0 Å². The summed E-state index contributed by atoms with van der Waals surface area (Å²) < 4.78 is 0. The Morgan fingerprint density at radius 3 is 2.76 bits per heavy atom. The highest BCUT2D eigenvalue weighted by atomic mass is 32.1. The molecule has 5 heteroatoms. The number of thiazole rings is 1. The molecule has 1 rings (SSSR count). The monoisotopic (exact) mass is 256 g/mol. The van der Waals surface area contributed by atoms with Crippen LogP contribution in [0.25, 0.3) is 0 Å². The van der Waals surface area contributed by atoms with Crippen molar-refractivity contribution in [2.75, 3.05) is 5.32 Å². The molecule has 96 valence electrons. The lowest BCUT2D eigenvalue weighted by molar-refractivity contribution is -0.138. The molecule has 0 radical (unpaired) electrons. The van der Waals surface area contributed by atoms with Crippen LogP contribution < -0.4 is 5.32 Å². The second-order valence-corrected chi connectivity index (χ2v) is 5.46. The fourth-order valence-electron chi connectivity index (χ4n) is 1.43. The highest BCUT2D eigenvalue weighted by molar-refractivity contribution is 7.15. The Hall–Kier alpha value is -1.10. The zero-order chi connectivity index (χ0) is 12.8. The molecule has 0 spiro atoms. The van der Waals surface area contributed by atoms with Gasteiger partial charge >= 0.3 is 5.97 Å². The van der Waals surface area contributed by atoms with Gasteiger partial charge in [-0.1, -0.05) is 33.6 Å². The van der Waals surface area contributed by atoms with Gasteiger partial charge in [-0.25, -0.2) is 9.78 Å². The van der Waals surface area contributed by atoms with Crippen molar-refractivity contribution in [3.63, 3.8) is 0 Å². The Morgan fingerprint density at radius 2 is 2.29 bits per heavy atom. The van der Waals surface area contributed by atoms with Crippen molar-refractivity contribution >= 4 is 22.4 Å². The summed E-state index contributed by atoms with van der Waals surface area (Å²) in [5.74, 6) is -0.373. The molecule has 1 aromatic heterocycles. The number of hydrogen-bond donors (Lipinski definition) is 2. The van der Waals surface area contributed by atoms with Gasteiger partial charge in [0.2, 0.25) is 0 Å². The van der Waals surface area contributed by atoms with Crippen molar-refractivity contribution in [3.8, 4) is 0 Å². The smallest absolute Gasteiger partial charge is 0.326 e. The maximum Gasteiger partial charge on any atom is 0.326 e. The normalized spacial score (nSPS) is 12.7. The number of aliphatic carboxylic acids is 1. The van der Waals surface area contributed by atoms with Gasteiger partial charge in [0.1, 0.15) is 6.04 Å². The first kappa shape index (κ1) is 14.0. The van der Waals surface area contributed by atoms with Crippen LogP contribution in [0.5, 0.6) is 0 Å². The van der Waals surface area contributed by atoms with E-state index in [1.165, 1.54) is 16.2 Å². The van der Waals surface area contributed by atoms with Crippen molar-refractivity contribution in [1.82, 2.24) is 4.98 Å². The summed E-state index contributed by atoms with van der Waals surface area (Å²) in [5, 5.41) is 12.8. The van der Waals surface area contributed by atoms with Crippen LogP contribution in [0.15, 0.2) is 6.20 Å². The zero-order valence-corrected chi connectivity index (χ0v) is 11.4. The van der Waals surface area contributed by atoms with E-state index < -0.39 is 12.0 Å². The van der Waals surface area contributed by atoms with Crippen LogP contribution in [0.3, 0.4) is 0 Å². The summed E-state index contributed by atoms with van der Waals surface area (Å²) in [7, 11) is 0. The quantitative estimate of drug-likeness (QED) is 0.785. The van der Waals surface area contributed by atoms with Gasteiger partial charge < -0.3 is 10.4 Å². The topological polar surface area (TPSA) is 62.2 Å². The molecule has 0 saturated heterocycles. The van der Waals surface area contributed by atoms with E-state index in [2.05, 4.69) is 31.1 Å². The van der Waals surface area contributed by atoms with Crippen molar-refractivity contribution in [2.45, 2.75) is 52.0 Å². The third kappa shape index (κ3) is 4.34. The lowest BCUT2D eigenvalue weighted by Gasteiger charge is -2.12. The summed E-state index contributed by atoms with van der Waals surface area (Å²) >= 11 is 1.53. The number of nitrogens with one attached hydrogen (secondary N) is 1. The lowest BCUT2D eigenvalue weighted by Crippen LogP contribution is -2.28. The van der Waals surface area contributed by atoms with Crippen LogP contribution in [0.1, 0.15) is 50.8 Å². The predicted octanol–water partition coefficient (Wildman–Crippen LogP) is 3.32. The fourth-order valence-corrected chi connectivity index (χ4v) is 2.31. The molecule has 0 aromatic carbocycles. The second kappa shape index (κ2) is 6.59. The van der Waals surface area contributed by atoms with E-state index in [4.69, 9.17) is 5.11 Å². The standard InChI is InChI=1S/C12H20N2O2S/c1-4-5-6-9(11(15)16)14-12-13-7-10(17-12)8(2)3/h7-9H,4-6H2,1-3H3,(H,13,14)(H,15,16). The average Bonchev–Trinajstić information content (AvgIpc) is 2.72. The van der Waals surface area contributed by atoms with E-state index in [1.54, 1.807) is 0 Å². The van der Waals surface area contributed by atoms with E-state index in [0.29, 0.717) is 17.5 Å². The van der Waals surface area contributed by atoms with Crippen LogP contribution in [0.4, 0.5) is 5.13 Å². The molecular weight excluding hydrogens is 236 g/mol. The zero-order valence-electron chi connectivity index (χ0n) is 10.6. The molecule has 0 saturated carbocycles. The predicted molar refractivity (Wildman–Crippen MR) is 70.8 cm³/mol. The first-order valence-electron chi connectivity index (χ1n) is 5.99. The summed E-state index contributed by atoms with van der Waals surface area (Å²) in [4.78, 5) is 16.4. The molecule has 0 bridgehead atoms. The van der Waals surface area contributed by atoms with Gasteiger partial charge in [0.05, 0.1) is 0 Å². The second-order valence-electron chi connectivity index (χ2n) is 4.40. The molecule has 2 N–H and O–H groups in total. The van der Waals surface area contributed by atoms with Crippen molar-refractivity contribution in [1.29, 1.82) is 0 Å². The molecular formula is C12H20N2O2S. The number of anilines is 1. The Labute approximate surface area is 106 Å². The number of carboxylic acids is 1. The lowest BCUT2D eigenvalue weighted by atomic mass is 10.1. The molecule has 1 aromatic rings. The molecule has 0 aliphatic carbocycles. The molecule has 0 amide bonds. The van der Waals surface area contributed by atoms with Gasteiger partial charge in [0.15, 0.2) is 5.13 Å². The summed E-state index contributed by atoms with van der Waals surface area (Å²) in [6.45, 7) is 6.26. The van der Waals surface area contributed by atoms with E-state index in [-0.39, 0.29) is 0 Å². The van der Waals surface area contributed by atoms with E-state index >= 15 is 0 Å².